The zero-order valence-corrected chi connectivity index (χ0v) is 13.4. The topological polar surface area (TPSA) is 29.1 Å². The molecule has 0 aliphatic heterocycles. The number of nitrogens with one attached hydrogen (secondary N) is 1. The number of benzene rings is 1. The molecule has 2 bridgehead atoms. The Morgan fingerprint density at radius 1 is 1.26 bits per heavy atom. The minimum atomic E-state index is 0.0756. The lowest BCUT2D eigenvalue weighted by atomic mass is 9.84. The van der Waals surface area contributed by atoms with Gasteiger partial charge in [0.15, 0.2) is 0 Å². The summed E-state index contributed by atoms with van der Waals surface area (Å²) in [4.78, 5) is 12.2. The molecule has 1 aromatic rings. The lowest BCUT2D eigenvalue weighted by molar-refractivity contribution is 0.0915. The van der Waals surface area contributed by atoms with Gasteiger partial charge in [-0.05, 0) is 90.8 Å². The van der Waals surface area contributed by atoms with E-state index >= 15 is 0 Å². The van der Waals surface area contributed by atoms with E-state index in [1.54, 1.807) is 0 Å². The van der Waals surface area contributed by atoms with Crippen molar-refractivity contribution >= 4 is 28.5 Å². The van der Waals surface area contributed by atoms with Crippen LogP contribution < -0.4 is 5.32 Å². The Morgan fingerprint density at radius 3 is 2.58 bits per heavy atom. The molecule has 0 radical (unpaired) electrons. The molecule has 1 amide bonds. The van der Waals surface area contributed by atoms with E-state index in [0.717, 1.165) is 21.0 Å². The fraction of sp³-hybridized carbons (Fsp3) is 0.562. The van der Waals surface area contributed by atoms with Gasteiger partial charge in [0.1, 0.15) is 0 Å². The van der Waals surface area contributed by atoms with E-state index < -0.39 is 0 Å². The summed E-state index contributed by atoms with van der Waals surface area (Å²) in [5, 5.41) is 3.20. The van der Waals surface area contributed by atoms with Gasteiger partial charge in [0.05, 0.1) is 0 Å². The number of hydrogen-bond acceptors (Lipinski definition) is 1. The summed E-state index contributed by atoms with van der Waals surface area (Å²) in [5.74, 6) is 2.57. The number of hydrogen-bond donors (Lipinski definition) is 1. The fourth-order valence-electron chi connectivity index (χ4n) is 3.90. The third kappa shape index (κ3) is 2.81. The van der Waals surface area contributed by atoms with E-state index in [2.05, 4.69) is 34.8 Å². The number of carbonyl (C=O) groups excluding carboxylic acids is 1. The van der Waals surface area contributed by atoms with Crippen molar-refractivity contribution in [1.82, 2.24) is 5.32 Å². The van der Waals surface area contributed by atoms with Crippen LogP contribution in [-0.2, 0) is 0 Å². The van der Waals surface area contributed by atoms with Crippen molar-refractivity contribution in [2.45, 2.75) is 38.6 Å². The molecule has 102 valence electrons. The van der Waals surface area contributed by atoms with Crippen LogP contribution in [0.4, 0.5) is 0 Å². The van der Waals surface area contributed by atoms with Crippen molar-refractivity contribution in [3.63, 3.8) is 0 Å². The lowest BCUT2D eigenvalue weighted by Gasteiger charge is -2.28. The van der Waals surface area contributed by atoms with Crippen LogP contribution in [0.5, 0.6) is 0 Å². The molecule has 2 nitrogen and oxygen atoms in total. The molecule has 2 fully saturated rings. The Labute approximate surface area is 128 Å². The molecule has 0 aromatic heterocycles. The van der Waals surface area contributed by atoms with E-state index in [9.17, 15) is 4.79 Å². The molecule has 1 N–H and O–H groups in total. The standard InChI is InChI=1S/C16H20INO/c1-10(15-9-11-2-3-13(15)8-11)18-16(19)12-4-6-14(17)7-5-12/h4-7,10-11,13,15H,2-3,8-9H2,1H3,(H,18,19)/t10-,11-,13-,15+/m1/s1. The highest BCUT2D eigenvalue weighted by Gasteiger charge is 2.42. The molecule has 19 heavy (non-hydrogen) atoms. The van der Waals surface area contributed by atoms with Crippen molar-refractivity contribution in [3.05, 3.63) is 33.4 Å². The molecule has 4 atom stereocenters. The third-order valence-electron chi connectivity index (χ3n) is 4.90. The van der Waals surface area contributed by atoms with Gasteiger partial charge in [0.25, 0.3) is 5.91 Å². The van der Waals surface area contributed by atoms with Gasteiger partial charge < -0.3 is 5.32 Å². The van der Waals surface area contributed by atoms with Crippen LogP contribution in [0.2, 0.25) is 0 Å². The second kappa shape index (κ2) is 5.43. The van der Waals surface area contributed by atoms with Crippen molar-refractivity contribution in [1.29, 1.82) is 0 Å². The first-order chi connectivity index (χ1) is 9.13. The molecule has 0 spiro atoms. The van der Waals surface area contributed by atoms with Gasteiger partial charge in [0, 0.05) is 15.2 Å². The van der Waals surface area contributed by atoms with Gasteiger partial charge in [-0.15, -0.1) is 0 Å². The maximum atomic E-state index is 12.2. The minimum absolute atomic E-state index is 0.0756. The predicted octanol–water partition coefficient (Wildman–Crippen LogP) is 3.85. The zero-order valence-electron chi connectivity index (χ0n) is 11.2. The quantitative estimate of drug-likeness (QED) is 0.806. The van der Waals surface area contributed by atoms with E-state index in [4.69, 9.17) is 0 Å². The van der Waals surface area contributed by atoms with Crippen LogP contribution in [0.1, 0.15) is 43.0 Å². The van der Waals surface area contributed by atoms with Crippen LogP contribution >= 0.6 is 22.6 Å². The van der Waals surface area contributed by atoms with Crippen molar-refractivity contribution < 1.29 is 4.79 Å². The van der Waals surface area contributed by atoms with Gasteiger partial charge in [-0.25, -0.2) is 0 Å². The van der Waals surface area contributed by atoms with E-state index in [-0.39, 0.29) is 5.91 Å². The second-order valence-electron chi connectivity index (χ2n) is 6.11. The molecule has 2 aliphatic rings. The molecule has 1 aromatic carbocycles. The first kappa shape index (κ1) is 13.4. The van der Waals surface area contributed by atoms with Crippen molar-refractivity contribution in [2.75, 3.05) is 0 Å². The summed E-state index contributed by atoms with van der Waals surface area (Å²) in [7, 11) is 0. The maximum Gasteiger partial charge on any atom is 0.251 e. The Bertz CT molecular complexity index is 470. The summed E-state index contributed by atoms with van der Waals surface area (Å²) in [5.41, 5.74) is 0.774. The van der Waals surface area contributed by atoms with Crippen LogP contribution in [0.15, 0.2) is 24.3 Å². The Balaban J connectivity index is 1.61. The monoisotopic (exact) mass is 369 g/mol. The number of carbonyl (C=O) groups is 1. The van der Waals surface area contributed by atoms with Gasteiger partial charge in [-0.1, -0.05) is 6.42 Å². The van der Waals surface area contributed by atoms with Crippen molar-refractivity contribution in [2.24, 2.45) is 17.8 Å². The summed E-state index contributed by atoms with van der Waals surface area (Å²) in [6, 6.07) is 8.09. The predicted molar refractivity (Wildman–Crippen MR) is 85.0 cm³/mol. The molecule has 0 saturated heterocycles. The van der Waals surface area contributed by atoms with Gasteiger partial charge in [0.2, 0.25) is 0 Å². The molecule has 0 heterocycles. The number of rotatable bonds is 3. The van der Waals surface area contributed by atoms with Crippen LogP contribution in [-0.4, -0.2) is 11.9 Å². The average Bonchev–Trinajstić information content (AvgIpc) is 3.01. The number of halogens is 1. The van der Waals surface area contributed by atoms with Gasteiger partial charge in [-0.3, -0.25) is 4.79 Å². The fourth-order valence-corrected chi connectivity index (χ4v) is 4.26. The summed E-state index contributed by atoms with van der Waals surface area (Å²) in [6.45, 7) is 2.18. The van der Waals surface area contributed by atoms with Gasteiger partial charge >= 0.3 is 0 Å². The second-order valence-corrected chi connectivity index (χ2v) is 7.35. The Hall–Kier alpha value is -0.580. The Morgan fingerprint density at radius 2 is 2.00 bits per heavy atom. The third-order valence-corrected chi connectivity index (χ3v) is 5.62. The van der Waals surface area contributed by atoms with Gasteiger partial charge in [-0.2, -0.15) is 0 Å². The summed E-state index contributed by atoms with van der Waals surface area (Å²) in [6.07, 6.45) is 5.51. The van der Waals surface area contributed by atoms with E-state index in [1.165, 1.54) is 25.7 Å². The van der Waals surface area contributed by atoms with E-state index in [1.807, 2.05) is 24.3 Å². The number of amides is 1. The molecule has 3 heteroatoms. The van der Waals surface area contributed by atoms with Crippen LogP contribution in [0.25, 0.3) is 0 Å². The average molecular weight is 369 g/mol. The largest absolute Gasteiger partial charge is 0.349 e. The summed E-state index contributed by atoms with van der Waals surface area (Å²) >= 11 is 2.26. The first-order valence-corrected chi connectivity index (χ1v) is 8.28. The lowest BCUT2D eigenvalue weighted by Crippen LogP contribution is -2.40. The molecular weight excluding hydrogens is 349 g/mol. The molecular formula is C16H20INO. The number of fused-ring (bicyclic) bond motifs is 2. The highest BCUT2D eigenvalue weighted by atomic mass is 127. The maximum absolute atomic E-state index is 12.2. The first-order valence-electron chi connectivity index (χ1n) is 7.20. The normalized spacial score (nSPS) is 30.3. The molecule has 0 unspecified atom stereocenters. The SMILES string of the molecule is C[C@@H](NC(=O)c1ccc(I)cc1)[C@@H]1C[C@@H]2CC[C@@H]1C2. The minimum Gasteiger partial charge on any atom is -0.349 e. The Kier molecular flexibility index (Phi) is 3.83. The zero-order chi connectivity index (χ0) is 13.4. The van der Waals surface area contributed by atoms with E-state index in [0.29, 0.717) is 12.0 Å². The summed E-state index contributed by atoms with van der Waals surface area (Å²) < 4.78 is 1.16. The molecule has 2 aliphatic carbocycles. The van der Waals surface area contributed by atoms with Crippen LogP contribution in [0.3, 0.4) is 0 Å². The highest BCUT2D eigenvalue weighted by Crippen LogP contribution is 2.49. The smallest absolute Gasteiger partial charge is 0.251 e. The van der Waals surface area contributed by atoms with Crippen molar-refractivity contribution in [3.8, 4) is 0 Å². The highest BCUT2D eigenvalue weighted by molar-refractivity contribution is 14.1. The van der Waals surface area contributed by atoms with Crippen LogP contribution in [0, 0.1) is 21.3 Å². The molecule has 3 rings (SSSR count). The molecule has 2 saturated carbocycles.